The first-order valence-corrected chi connectivity index (χ1v) is 13.7. The van der Waals surface area contributed by atoms with Crippen LogP contribution in [0.5, 0.6) is 0 Å². The van der Waals surface area contributed by atoms with Crippen LogP contribution in [0, 0.1) is 5.92 Å². The minimum Gasteiger partial charge on any atom is -0.358 e. The molecular weight excluding hydrogens is 543 g/mol. The van der Waals surface area contributed by atoms with Crippen molar-refractivity contribution in [1.82, 2.24) is 4.90 Å². The van der Waals surface area contributed by atoms with E-state index in [4.69, 9.17) is 23.2 Å². The Labute approximate surface area is 241 Å². The highest BCUT2D eigenvalue weighted by atomic mass is 35.5. The summed E-state index contributed by atoms with van der Waals surface area (Å²) in [7, 11) is 0. The van der Waals surface area contributed by atoms with Gasteiger partial charge in [-0.25, -0.2) is 0 Å². The largest absolute Gasteiger partial charge is 0.358 e. The number of hydrogen-bond acceptors (Lipinski definition) is 4. The molecule has 1 fully saturated rings. The van der Waals surface area contributed by atoms with Crippen LogP contribution in [0.1, 0.15) is 43.4 Å². The molecule has 3 aliphatic heterocycles. The van der Waals surface area contributed by atoms with Crippen molar-refractivity contribution in [1.29, 1.82) is 0 Å². The third kappa shape index (κ3) is 3.38. The van der Waals surface area contributed by atoms with Gasteiger partial charge in [0.25, 0.3) is 0 Å². The highest BCUT2D eigenvalue weighted by Crippen LogP contribution is 2.62. The molecule has 1 saturated heterocycles. The first-order valence-electron chi connectivity index (χ1n) is 13.0. The average Bonchev–Trinajstić information content (AvgIpc) is 3.45. The fourth-order valence-electron chi connectivity index (χ4n) is 6.78. The van der Waals surface area contributed by atoms with Gasteiger partial charge in [-0.1, -0.05) is 77.8 Å². The average molecular weight is 565 g/mol. The van der Waals surface area contributed by atoms with Gasteiger partial charge in [0.15, 0.2) is 11.6 Å². The van der Waals surface area contributed by atoms with Crippen LogP contribution < -0.4 is 5.32 Å². The Bertz CT molecular complexity index is 1750. The molecule has 0 unspecified atom stereocenters. The number of carbonyl (C=O) groups is 3. The fraction of sp³-hybridized carbons (Fsp3) is 0.121. The van der Waals surface area contributed by atoms with Crippen LogP contribution in [0.3, 0.4) is 0 Å². The van der Waals surface area contributed by atoms with Crippen molar-refractivity contribution in [3.8, 4) is 0 Å². The molecular formula is C33H22Cl2N2O3. The summed E-state index contributed by atoms with van der Waals surface area (Å²) in [4.78, 5) is 45.5. The van der Waals surface area contributed by atoms with Crippen LogP contribution in [0.25, 0.3) is 6.08 Å². The molecule has 5 nitrogen and oxygen atoms in total. The number of rotatable bonds is 4. The molecule has 0 radical (unpaired) electrons. The third-order valence-corrected chi connectivity index (χ3v) is 8.97. The second-order valence-corrected chi connectivity index (χ2v) is 11.1. The van der Waals surface area contributed by atoms with E-state index in [9.17, 15) is 14.4 Å². The smallest absolute Gasteiger partial charge is 0.238 e. The standard InChI is InChI=1S/C33H22Cl2N2O3/c34-21-15-13-20(14-16-21)29(38)27-28(30(39)23-9-3-5-11-25(23)35)37-18-17-19-7-1-2-8-22(19)31(37)33(27)24-10-4-6-12-26(24)36-32(33)40/h1-18,27-28,31H,(H,36,40)/t27-,28+,31-,33-/m1/s1. The van der Waals surface area contributed by atoms with Crippen LogP contribution >= 0.6 is 23.2 Å². The van der Waals surface area contributed by atoms with Gasteiger partial charge >= 0.3 is 0 Å². The van der Waals surface area contributed by atoms with E-state index in [0.29, 0.717) is 32.4 Å². The minimum atomic E-state index is -1.39. The number of Topliss-reactive ketones (excluding diaryl/α,β-unsaturated/α-hetero) is 2. The van der Waals surface area contributed by atoms with E-state index >= 15 is 0 Å². The molecule has 4 aromatic rings. The lowest BCUT2D eigenvalue weighted by Gasteiger charge is -2.38. The van der Waals surface area contributed by atoms with Crippen LogP contribution in [0.2, 0.25) is 10.0 Å². The van der Waals surface area contributed by atoms with Gasteiger partial charge in [-0.15, -0.1) is 0 Å². The Kier molecular flexibility index (Phi) is 5.70. The first kappa shape index (κ1) is 24.8. The van der Waals surface area contributed by atoms with E-state index in [0.717, 1.165) is 11.1 Å². The number of anilines is 1. The monoisotopic (exact) mass is 564 g/mol. The third-order valence-electron chi connectivity index (χ3n) is 8.39. The minimum absolute atomic E-state index is 0.292. The van der Waals surface area contributed by atoms with E-state index in [-0.39, 0.29) is 17.5 Å². The van der Waals surface area contributed by atoms with E-state index in [2.05, 4.69) is 5.32 Å². The number of ketones is 2. The Morgan fingerprint density at radius 1 is 0.800 bits per heavy atom. The molecule has 7 heteroatoms. The Morgan fingerprint density at radius 3 is 2.30 bits per heavy atom. The van der Waals surface area contributed by atoms with E-state index in [1.165, 1.54) is 0 Å². The predicted octanol–water partition coefficient (Wildman–Crippen LogP) is 6.98. The predicted molar refractivity (Wildman–Crippen MR) is 156 cm³/mol. The first-order chi connectivity index (χ1) is 19.4. The normalized spacial score (nSPS) is 23.9. The van der Waals surface area contributed by atoms with Gasteiger partial charge in [-0.2, -0.15) is 0 Å². The van der Waals surface area contributed by atoms with E-state index in [1.807, 2.05) is 65.7 Å². The molecule has 40 heavy (non-hydrogen) atoms. The molecule has 0 aliphatic carbocycles. The van der Waals surface area contributed by atoms with Crippen molar-refractivity contribution in [3.63, 3.8) is 0 Å². The van der Waals surface area contributed by atoms with E-state index in [1.54, 1.807) is 48.5 Å². The zero-order chi connectivity index (χ0) is 27.6. The maximum absolute atomic E-state index is 14.7. The number of nitrogens with zero attached hydrogens (tertiary/aromatic N) is 1. The van der Waals surface area contributed by atoms with Gasteiger partial charge in [0, 0.05) is 28.0 Å². The lowest BCUT2D eigenvalue weighted by Crippen LogP contribution is -2.49. The maximum Gasteiger partial charge on any atom is 0.238 e. The molecule has 3 aliphatic rings. The molecule has 7 rings (SSSR count). The second-order valence-electron chi connectivity index (χ2n) is 10.3. The van der Waals surface area contributed by atoms with Gasteiger partial charge in [0.2, 0.25) is 5.91 Å². The van der Waals surface area contributed by atoms with Gasteiger partial charge in [-0.05, 0) is 65.2 Å². The number of hydrogen-bond donors (Lipinski definition) is 1. The SMILES string of the molecule is O=C(c1ccccc1Cl)[C@@H]1[C@H](C(=O)c2ccc(Cl)cc2)[C@@]2(C(=O)Nc3ccccc32)[C@H]2c3ccccc3C=CN12. The molecule has 196 valence electrons. The summed E-state index contributed by atoms with van der Waals surface area (Å²) >= 11 is 12.7. The summed E-state index contributed by atoms with van der Waals surface area (Å²) in [6.07, 6.45) is 3.78. The summed E-state index contributed by atoms with van der Waals surface area (Å²) < 4.78 is 0. The summed E-state index contributed by atoms with van der Waals surface area (Å²) in [6.45, 7) is 0. The summed E-state index contributed by atoms with van der Waals surface area (Å²) in [6, 6.07) is 27.0. The second kappa shape index (κ2) is 9.19. The lowest BCUT2D eigenvalue weighted by molar-refractivity contribution is -0.122. The number of benzene rings is 4. The van der Waals surface area contributed by atoms with Crippen molar-refractivity contribution in [2.75, 3.05) is 5.32 Å². The molecule has 0 saturated carbocycles. The van der Waals surface area contributed by atoms with Crippen molar-refractivity contribution >= 4 is 52.4 Å². The maximum atomic E-state index is 14.7. The number of para-hydroxylation sites is 1. The van der Waals surface area contributed by atoms with Crippen LogP contribution in [-0.2, 0) is 10.2 Å². The number of fused-ring (bicyclic) bond motifs is 6. The van der Waals surface area contributed by atoms with E-state index < -0.39 is 23.4 Å². The highest BCUT2D eigenvalue weighted by molar-refractivity contribution is 6.34. The molecule has 4 atom stereocenters. The van der Waals surface area contributed by atoms with Gasteiger partial charge in [0.1, 0.15) is 11.5 Å². The number of amides is 1. The number of halogens is 2. The Morgan fingerprint density at radius 2 is 1.50 bits per heavy atom. The van der Waals surface area contributed by atoms with Crippen LogP contribution in [-0.4, -0.2) is 28.4 Å². The van der Waals surface area contributed by atoms with Gasteiger partial charge in [-0.3, -0.25) is 14.4 Å². The summed E-state index contributed by atoms with van der Waals surface area (Å²) in [5.41, 5.74) is 2.43. The van der Waals surface area contributed by atoms with Crippen molar-refractivity contribution < 1.29 is 14.4 Å². The zero-order valence-electron chi connectivity index (χ0n) is 21.1. The quantitative estimate of drug-likeness (QED) is 0.272. The van der Waals surface area contributed by atoms with Crippen molar-refractivity contribution in [3.05, 3.63) is 141 Å². The molecule has 1 N–H and O–H groups in total. The van der Waals surface area contributed by atoms with Gasteiger partial charge < -0.3 is 10.2 Å². The summed E-state index contributed by atoms with van der Waals surface area (Å²) in [5, 5.41) is 3.83. The van der Waals surface area contributed by atoms with Crippen LogP contribution in [0.4, 0.5) is 5.69 Å². The number of carbonyl (C=O) groups excluding carboxylic acids is 3. The molecule has 0 aromatic heterocycles. The van der Waals surface area contributed by atoms with Crippen LogP contribution in [0.15, 0.2) is 103 Å². The fourth-order valence-corrected chi connectivity index (χ4v) is 7.14. The Balaban J connectivity index is 1.55. The van der Waals surface area contributed by atoms with Crippen molar-refractivity contribution in [2.24, 2.45) is 5.92 Å². The van der Waals surface area contributed by atoms with Crippen molar-refractivity contribution in [2.45, 2.75) is 17.5 Å². The highest BCUT2D eigenvalue weighted by Gasteiger charge is 2.70. The Hall–Kier alpha value is -4.19. The molecule has 1 spiro atoms. The molecule has 4 aromatic carbocycles. The topological polar surface area (TPSA) is 66.5 Å². The molecule has 0 bridgehead atoms. The lowest BCUT2D eigenvalue weighted by atomic mass is 9.62. The van der Waals surface area contributed by atoms with Gasteiger partial charge in [0.05, 0.1) is 17.0 Å². The zero-order valence-corrected chi connectivity index (χ0v) is 22.6. The molecule has 3 heterocycles. The summed E-state index contributed by atoms with van der Waals surface area (Å²) in [5.74, 6) is -2.01. The number of nitrogens with one attached hydrogen (secondary N) is 1. The molecule has 1 amide bonds.